The standard InChI is InChI=1S/C27H33N3O4/c1-27(16-28,15-18-6-3-4-8-23(18)31)30-26(33)19(12-17-10-11-17)13-24(32)22-14-20-21(29-22)7-5-9-25(20)34-2/h5,7,9,14,17-19,29H,3-4,6,8,10-13,15H2,1-2H3,(H,30,33). The average Bonchev–Trinajstić information content (AvgIpc) is 3.53. The van der Waals surface area contributed by atoms with Crippen LogP contribution in [-0.4, -0.2) is 35.1 Å². The molecular weight excluding hydrogens is 430 g/mol. The Balaban J connectivity index is 1.47. The van der Waals surface area contributed by atoms with Gasteiger partial charge in [-0.25, -0.2) is 0 Å². The molecule has 2 aliphatic rings. The van der Waals surface area contributed by atoms with E-state index in [0.717, 1.165) is 43.0 Å². The first-order valence-electron chi connectivity index (χ1n) is 12.3. The number of rotatable bonds is 10. The van der Waals surface area contributed by atoms with Crippen molar-refractivity contribution in [2.45, 2.75) is 70.3 Å². The first kappa shape index (κ1) is 24.0. The number of hydrogen-bond acceptors (Lipinski definition) is 5. The van der Waals surface area contributed by atoms with Gasteiger partial charge in [0.2, 0.25) is 5.91 Å². The van der Waals surface area contributed by atoms with Gasteiger partial charge in [0.1, 0.15) is 17.1 Å². The third-order valence-electron chi connectivity index (χ3n) is 7.24. The zero-order chi connectivity index (χ0) is 24.3. The highest BCUT2D eigenvalue weighted by Gasteiger charge is 2.37. The summed E-state index contributed by atoms with van der Waals surface area (Å²) in [4.78, 5) is 41.9. The summed E-state index contributed by atoms with van der Waals surface area (Å²) in [5, 5.41) is 13.6. The summed E-state index contributed by atoms with van der Waals surface area (Å²) in [5.41, 5.74) is 0.123. The van der Waals surface area contributed by atoms with Gasteiger partial charge >= 0.3 is 0 Å². The summed E-state index contributed by atoms with van der Waals surface area (Å²) >= 11 is 0. The quantitative estimate of drug-likeness (QED) is 0.496. The van der Waals surface area contributed by atoms with E-state index in [2.05, 4.69) is 16.4 Å². The van der Waals surface area contributed by atoms with Crippen LogP contribution >= 0.6 is 0 Å². The van der Waals surface area contributed by atoms with Gasteiger partial charge in [0.05, 0.1) is 18.9 Å². The molecule has 0 radical (unpaired) electrons. The van der Waals surface area contributed by atoms with Crippen molar-refractivity contribution in [1.82, 2.24) is 10.3 Å². The van der Waals surface area contributed by atoms with E-state index in [4.69, 9.17) is 4.74 Å². The number of ether oxygens (including phenoxy) is 1. The lowest BCUT2D eigenvalue weighted by Gasteiger charge is -2.31. The number of methoxy groups -OCH3 is 1. The molecule has 2 saturated carbocycles. The smallest absolute Gasteiger partial charge is 0.224 e. The highest BCUT2D eigenvalue weighted by molar-refractivity contribution is 6.02. The highest BCUT2D eigenvalue weighted by atomic mass is 16.5. The molecule has 2 N–H and O–H groups in total. The van der Waals surface area contributed by atoms with Crippen LogP contribution in [0, 0.1) is 29.1 Å². The Hall–Kier alpha value is -3.14. The maximum absolute atomic E-state index is 13.3. The van der Waals surface area contributed by atoms with Gasteiger partial charge in [-0.3, -0.25) is 14.4 Å². The number of Topliss-reactive ketones (excluding diaryl/α,β-unsaturated/α-hetero) is 2. The topological polar surface area (TPSA) is 112 Å². The Morgan fingerprint density at radius 3 is 2.76 bits per heavy atom. The van der Waals surface area contributed by atoms with Gasteiger partial charge < -0.3 is 15.0 Å². The highest BCUT2D eigenvalue weighted by Crippen LogP contribution is 2.37. The lowest BCUT2D eigenvalue weighted by atomic mass is 9.79. The third-order valence-corrected chi connectivity index (χ3v) is 7.24. The van der Waals surface area contributed by atoms with E-state index in [1.54, 1.807) is 20.1 Å². The molecule has 0 bridgehead atoms. The predicted octanol–water partition coefficient (Wildman–Crippen LogP) is 4.71. The maximum Gasteiger partial charge on any atom is 0.224 e. The summed E-state index contributed by atoms with van der Waals surface area (Å²) in [6, 6.07) is 9.58. The molecule has 180 valence electrons. The molecule has 2 fully saturated rings. The SMILES string of the molecule is COc1cccc2[nH]c(C(=O)CC(CC3CC3)C(=O)NC(C)(C#N)CC3CCCCC3=O)cc12. The fraction of sp³-hybridized carbons (Fsp3) is 0.556. The first-order chi connectivity index (χ1) is 16.3. The van der Waals surface area contributed by atoms with Gasteiger partial charge in [0.25, 0.3) is 0 Å². The fourth-order valence-electron chi connectivity index (χ4n) is 5.09. The number of fused-ring (bicyclic) bond motifs is 1. The van der Waals surface area contributed by atoms with Gasteiger partial charge in [0, 0.05) is 35.6 Å². The monoisotopic (exact) mass is 463 g/mol. The Bertz CT molecular complexity index is 1130. The minimum Gasteiger partial charge on any atom is -0.496 e. The van der Waals surface area contributed by atoms with Crippen molar-refractivity contribution >= 4 is 28.4 Å². The van der Waals surface area contributed by atoms with Crippen LogP contribution in [0.1, 0.15) is 75.2 Å². The molecule has 1 aromatic heterocycles. The molecule has 4 rings (SSSR count). The van der Waals surface area contributed by atoms with E-state index in [-0.39, 0.29) is 29.8 Å². The second-order valence-corrected chi connectivity index (χ2v) is 10.2. The van der Waals surface area contributed by atoms with E-state index < -0.39 is 11.5 Å². The summed E-state index contributed by atoms with van der Waals surface area (Å²) in [6.45, 7) is 1.69. The van der Waals surface area contributed by atoms with Crippen LogP contribution in [0.2, 0.25) is 0 Å². The largest absolute Gasteiger partial charge is 0.496 e. The van der Waals surface area contributed by atoms with E-state index in [0.29, 0.717) is 36.6 Å². The minimum absolute atomic E-state index is 0.0708. The molecule has 0 spiro atoms. The fourth-order valence-corrected chi connectivity index (χ4v) is 5.09. The number of aromatic nitrogens is 1. The average molecular weight is 464 g/mol. The number of hydrogen-bond donors (Lipinski definition) is 2. The van der Waals surface area contributed by atoms with Crippen LogP contribution in [0.5, 0.6) is 5.75 Å². The number of benzene rings is 1. The summed E-state index contributed by atoms with van der Waals surface area (Å²) in [6.07, 6.45) is 6.33. The van der Waals surface area contributed by atoms with Crippen LogP contribution in [0.3, 0.4) is 0 Å². The van der Waals surface area contributed by atoms with Crippen LogP contribution in [0.15, 0.2) is 24.3 Å². The van der Waals surface area contributed by atoms with Crippen molar-refractivity contribution in [3.8, 4) is 11.8 Å². The Morgan fingerprint density at radius 2 is 2.09 bits per heavy atom. The molecule has 7 nitrogen and oxygen atoms in total. The van der Waals surface area contributed by atoms with E-state index in [9.17, 15) is 19.6 Å². The Morgan fingerprint density at radius 1 is 1.29 bits per heavy atom. The van der Waals surface area contributed by atoms with E-state index in [1.807, 2.05) is 18.2 Å². The Kier molecular flexibility index (Phi) is 7.06. The van der Waals surface area contributed by atoms with Crippen LogP contribution < -0.4 is 10.1 Å². The molecule has 3 unspecified atom stereocenters. The molecule has 1 amide bonds. The number of nitrogens with zero attached hydrogens (tertiary/aromatic N) is 1. The number of aromatic amines is 1. The predicted molar refractivity (Wildman–Crippen MR) is 128 cm³/mol. The number of carbonyl (C=O) groups is 3. The van der Waals surface area contributed by atoms with Gasteiger partial charge in [-0.2, -0.15) is 5.26 Å². The number of carbonyl (C=O) groups excluding carboxylic acids is 3. The van der Waals surface area contributed by atoms with Crippen LogP contribution in [0.4, 0.5) is 0 Å². The molecule has 1 aromatic carbocycles. The molecule has 0 saturated heterocycles. The van der Waals surface area contributed by atoms with Crippen LogP contribution in [0.25, 0.3) is 10.9 Å². The lowest BCUT2D eigenvalue weighted by Crippen LogP contribution is -2.49. The summed E-state index contributed by atoms with van der Waals surface area (Å²) in [5.74, 6) is 0.190. The summed E-state index contributed by atoms with van der Waals surface area (Å²) < 4.78 is 5.39. The number of H-pyrrole nitrogens is 1. The molecule has 1 heterocycles. The number of amides is 1. The molecule has 7 heteroatoms. The van der Waals surface area contributed by atoms with Crippen molar-refractivity contribution in [3.63, 3.8) is 0 Å². The van der Waals surface area contributed by atoms with E-state index >= 15 is 0 Å². The van der Waals surface area contributed by atoms with E-state index in [1.165, 1.54) is 0 Å². The van der Waals surface area contributed by atoms with Gasteiger partial charge in [0.15, 0.2) is 5.78 Å². The molecule has 3 atom stereocenters. The zero-order valence-electron chi connectivity index (χ0n) is 20.0. The van der Waals surface area contributed by atoms with Crippen molar-refractivity contribution in [2.24, 2.45) is 17.8 Å². The normalized spacial score (nSPS) is 20.9. The second-order valence-electron chi connectivity index (χ2n) is 10.2. The molecule has 2 aromatic rings. The van der Waals surface area contributed by atoms with Gasteiger partial charge in [-0.15, -0.1) is 0 Å². The van der Waals surface area contributed by atoms with Gasteiger partial charge in [-0.05, 0) is 56.7 Å². The third kappa shape index (κ3) is 5.49. The summed E-state index contributed by atoms with van der Waals surface area (Å²) in [7, 11) is 1.59. The van der Waals surface area contributed by atoms with Gasteiger partial charge in [-0.1, -0.05) is 25.3 Å². The van der Waals surface area contributed by atoms with Crippen molar-refractivity contribution in [2.75, 3.05) is 7.11 Å². The molecule has 2 aliphatic carbocycles. The van der Waals surface area contributed by atoms with Crippen molar-refractivity contribution < 1.29 is 19.1 Å². The van der Waals surface area contributed by atoms with Crippen molar-refractivity contribution in [1.29, 1.82) is 5.26 Å². The second kappa shape index (κ2) is 10.0. The Labute approximate surface area is 200 Å². The van der Waals surface area contributed by atoms with Crippen molar-refractivity contribution in [3.05, 3.63) is 30.0 Å². The number of nitrogens with one attached hydrogen (secondary N) is 2. The lowest BCUT2D eigenvalue weighted by molar-refractivity contribution is -0.129. The maximum atomic E-state index is 13.3. The number of ketones is 2. The van der Waals surface area contributed by atoms with Crippen LogP contribution in [-0.2, 0) is 9.59 Å². The first-order valence-corrected chi connectivity index (χ1v) is 12.3. The zero-order valence-corrected chi connectivity index (χ0v) is 20.0. The molecule has 34 heavy (non-hydrogen) atoms. The molecule has 0 aliphatic heterocycles. The number of nitriles is 1. The molecular formula is C27H33N3O4. The minimum atomic E-state index is -1.13.